The summed E-state index contributed by atoms with van der Waals surface area (Å²) in [6.07, 6.45) is 1.82. The minimum absolute atomic E-state index is 0.782. The number of aromatic nitrogens is 1. The van der Waals surface area contributed by atoms with Crippen molar-refractivity contribution in [2.45, 2.75) is 13.8 Å². The van der Waals surface area contributed by atoms with Crippen molar-refractivity contribution in [2.24, 2.45) is 0 Å². The first kappa shape index (κ1) is 11.5. The zero-order valence-corrected chi connectivity index (χ0v) is 10.2. The highest BCUT2D eigenvalue weighted by Gasteiger charge is 2.08. The molecule has 0 bridgehead atoms. The third-order valence-corrected chi connectivity index (χ3v) is 2.79. The summed E-state index contributed by atoms with van der Waals surface area (Å²) in [6.45, 7) is 4.93. The van der Waals surface area contributed by atoms with Crippen molar-refractivity contribution >= 4 is 17.2 Å². The fourth-order valence-electron chi connectivity index (χ4n) is 1.76. The van der Waals surface area contributed by atoms with E-state index in [4.69, 9.17) is 5.73 Å². The first-order chi connectivity index (χ1) is 8.22. The number of pyridine rings is 1. The van der Waals surface area contributed by atoms with Crippen LogP contribution in [0.5, 0.6) is 0 Å². The van der Waals surface area contributed by atoms with Crippen LogP contribution in [0.2, 0.25) is 0 Å². The van der Waals surface area contributed by atoms with E-state index < -0.39 is 0 Å². The summed E-state index contributed by atoms with van der Waals surface area (Å²) >= 11 is 0. The van der Waals surface area contributed by atoms with E-state index in [0.29, 0.717) is 0 Å². The first-order valence-electron chi connectivity index (χ1n) is 5.77. The van der Waals surface area contributed by atoms with E-state index in [9.17, 15) is 0 Å². The molecule has 88 valence electrons. The second-order valence-electron chi connectivity index (χ2n) is 3.98. The van der Waals surface area contributed by atoms with Gasteiger partial charge >= 0.3 is 0 Å². The lowest BCUT2D eigenvalue weighted by Gasteiger charge is -2.22. The van der Waals surface area contributed by atoms with Crippen LogP contribution in [-0.2, 0) is 0 Å². The van der Waals surface area contributed by atoms with E-state index in [1.54, 1.807) is 0 Å². The van der Waals surface area contributed by atoms with E-state index in [1.165, 1.54) is 0 Å². The van der Waals surface area contributed by atoms with E-state index in [1.807, 2.05) is 37.4 Å². The molecule has 1 aromatic heterocycles. The van der Waals surface area contributed by atoms with Gasteiger partial charge < -0.3 is 10.6 Å². The van der Waals surface area contributed by atoms with Gasteiger partial charge in [-0.1, -0.05) is 18.2 Å². The molecule has 17 heavy (non-hydrogen) atoms. The Labute approximate surface area is 102 Å². The standard InChI is InChI=1S/C14H17N3/c1-3-17(12-7-5-4-6-8-12)14-9-13(15)11(2)10-16-14/h4-10H,3H2,1-2H3,(H2,15,16). The average molecular weight is 227 g/mol. The minimum Gasteiger partial charge on any atom is -0.398 e. The monoisotopic (exact) mass is 227 g/mol. The quantitative estimate of drug-likeness (QED) is 0.876. The van der Waals surface area contributed by atoms with Gasteiger partial charge in [0.1, 0.15) is 5.82 Å². The molecule has 0 fully saturated rings. The Morgan fingerprint density at radius 3 is 2.53 bits per heavy atom. The molecule has 2 N–H and O–H groups in total. The summed E-state index contributed by atoms with van der Waals surface area (Å²) in [5.74, 6) is 0.891. The van der Waals surface area contributed by atoms with Gasteiger partial charge in [-0.15, -0.1) is 0 Å². The number of anilines is 3. The maximum atomic E-state index is 5.92. The molecule has 1 heterocycles. The smallest absolute Gasteiger partial charge is 0.134 e. The van der Waals surface area contributed by atoms with Crippen LogP contribution in [0.4, 0.5) is 17.2 Å². The molecule has 3 nitrogen and oxygen atoms in total. The summed E-state index contributed by atoms with van der Waals surface area (Å²) in [4.78, 5) is 6.57. The van der Waals surface area contributed by atoms with Gasteiger partial charge in [0.15, 0.2) is 0 Å². The lowest BCUT2D eigenvalue weighted by atomic mass is 10.2. The molecule has 0 atom stereocenters. The van der Waals surface area contributed by atoms with Crippen LogP contribution >= 0.6 is 0 Å². The Hall–Kier alpha value is -2.03. The topological polar surface area (TPSA) is 42.1 Å². The zero-order chi connectivity index (χ0) is 12.3. The van der Waals surface area contributed by atoms with Gasteiger partial charge in [0.2, 0.25) is 0 Å². The highest BCUT2D eigenvalue weighted by Crippen LogP contribution is 2.25. The van der Waals surface area contributed by atoms with Crippen LogP contribution in [0, 0.1) is 6.92 Å². The molecule has 0 unspecified atom stereocenters. The van der Waals surface area contributed by atoms with Crippen molar-refractivity contribution < 1.29 is 0 Å². The Kier molecular flexibility index (Phi) is 3.28. The molecule has 0 aliphatic rings. The molecule has 0 aliphatic carbocycles. The summed E-state index contributed by atoms with van der Waals surface area (Å²) in [5, 5.41) is 0. The van der Waals surface area contributed by atoms with E-state index >= 15 is 0 Å². The lowest BCUT2D eigenvalue weighted by molar-refractivity contribution is 0.988. The number of nitrogen functional groups attached to an aromatic ring is 1. The molecule has 0 saturated heterocycles. The molecular formula is C14H17N3. The second kappa shape index (κ2) is 4.87. The van der Waals surface area contributed by atoms with Crippen LogP contribution in [0.1, 0.15) is 12.5 Å². The number of nitrogens with zero attached hydrogens (tertiary/aromatic N) is 2. The summed E-state index contributed by atoms with van der Waals surface area (Å²) in [5.41, 5.74) is 8.85. The van der Waals surface area contributed by atoms with Gasteiger partial charge in [-0.05, 0) is 31.5 Å². The van der Waals surface area contributed by atoms with Crippen molar-refractivity contribution in [3.63, 3.8) is 0 Å². The summed E-state index contributed by atoms with van der Waals surface area (Å²) < 4.78 is 0. The third-order valence-electron chi connectivity index (χ3n) is 2.79. The number of hydrogen-bond donors (Lipinski definition) is 1. The van der Waals surface area contributed by atoms with Gasteiger partial charge in [-0.3, -0.25) is 0 Å². The molecular weight excluding hydrogens is 210 g/mol. The lowest BCUT2D eigenvalue weighted by Crippen LogP contribution is -2.17. The van der Waals surface area contributed by atoms with E-state index in [2.05, 4.69) is 28.9 Å². The SMILES string of the molecule is CCN(c1ccccc1)c1cc(N)c(C)cn1. The Balaban J connectivity index is 2.39. The largest absolute Gasteiger partial charge is 0.398 e. The molecule has 0 aliphatic heterocycles. The van der Waals surface area contributed by atoms with Crippen molar-refractivity contribution in [1.29, 1.82) is 0 Å². The second-order valence-corrected chi connectivity index (χ2v) is 3.98. The zero-order valence-electron chi connectivity index (χ0n) is 10.2. The predicted molar refractivity (Wildman–Crippen MR) is 72.5 cm³/mol. The van der Waals surface area contributed by atoms with Crippen LogP contribution in [-0.4, -0.2) is 11.5 Å². The Bertz CT molecular complexity index is 494. The van der Waals surface area contributed by atoms with Crippen LogP contribution in [0.15, 0.2) is 42.6 Å². The predicted octanol–water partition coefficient (Wildman–Crippen LogP) is 3.13. The van der Waals surface area contributed by atoms with Gasteiger partial charge in [0, 0.05) is 30.2 Å². The fraction of sp³-hybridized carbons (Fsp3) is 0.214. The number of aryl methyl sites for hydroxylation is 1. The molecule has 2 aromatic rings. The Morgan fingerprint density at radius 1 is 1.24 bits per heavy atom. The number of benzene rings is 1. The van der Waals surface area contributed by atoms with Crippen LogP contribution in [0.3, 0.4) is 0 Å². The number of para-hydroxylation sites is 1. The molecule has 0 spiro atoms. The van der Waals surface area contributed by atoms with Crippen molar-refractivity contribution in [3.8, 4) is 0 Å². The molecule has 0 radical (unpaired) electrons. The highest BCUT2D eigenvalue weighted by atomic mass is 15.2. The van der Waals surface area contributed by atoms with Gasteiger partial charge in [-0.2, -0.15) is 0 Å². The number of rotatable bonds is 3. The van der Waals surface area contributed by atoms with Crippen LogP contribution < -0.4 is 10.6 Å². The van der Waals surface area contributed by atoms with E-state index in [-0.39, 0.29) is 0 Å². The average Bonchev–Trinajstić information content (AvgIpc) is 2.36. The van der Waals surface area contributed by atoms with Crippen molar-refractivity contribution in [3.05, 3.63) is 48.2 Å². The maximum absolute atomic E-state index is 5.92. The van der Waals surface area contributed by atoms with Crippen LogP contribution in [0.25, 0.3) is 0 Å². The molecule has 0 amide bonds. The van der Waals surface area contributed by atoms with E-state index in [0.717, 1.165) is 29.3 Å². The molecule has 1 aromatic carbocycles. The normalized spacial score (nSPS) is 10.2. The first-order valence-corrected chi connectivity index (χ1v) is 5.77. The third kappa shape index (κ3) is 2.38. The summed E-state index contributed by atoms with van der Waals surface area (Å²) in [7, 11) is 0. The molecule has 2 rings (SSSR count). The molecule has 0 saturated carbocycles. The van der Waals surface area contributed by atoms with Crippen molar-refractivity contribution in [2.75, 3.05) is 17.2 Å². The minimum atomic E-state index is 0.782. The summed E-state index contributed by atoms with van der Waals surface area (Å²) in [6, 6.07) is 12.1. The number of hydrogen-bond acceptors (Lipinski definition) is 3. The van der Waals surface area contributed by atoms with Gasteiger partial charge in [-0.25, -0.2) is 4.98 Å². The fourth-order valence-corrected chi connectivity index (χ4v) is 1.76. The highest BCUT2D eigenvalue weighted by molar-refractivity contribution is 5.64. The van der Waals surface area contributed by atoms with Gasteiger partial charge in [0.05, 0.1) is 0 Å². The maximum Gasteiger partial charge on any atom is 0.134 e. The molecule has 3 heteroatoms. The van der Waals surface area contributed by atoms with Crippen molar-refractivity contribution in [1.82, 2.24) is 4.98 Å². The van der Waals surface area contributed by atoms with Gasteiger partial charge in [0.25, 0.3) is 0 Å². The number of nitrogens with two attached hydrogens (primary N) is 1. The Morgan fingerprint density at radius 2 is 1.94 bits per heavy atom.